The van der Waals surface area contributed by atoms with E-state index in [1.54, 1.807) is 4.90 Å². The Balaban J connectivity index is 1.42. The molecule has 1 fully saturated rings. The van der Waals surface area contributed by atoms with Crippen molar-refractivity contribution >= 4 is 5.91 Å². The molecule has 0 radical (unpaired) electrons. The molecule has 1 saturated heterocycles. The lowest BCUT2D eigenvalue weighted by molar-refractivity contribution is -0.134. The van der Waals surface area contributed by atoms with Gasteiger partial charge in [-0.1, -0.05) is 24.3 Å². The van der Waals surface area contributed by atoms with Crippen LogP contribution < -0.4 is 0 Å². The molecule has 1 aromatic carbocycles. The second kappa shape index (κ2) is 8.30. The van der Waals surface area contributed by atoms with Gasteiger partial charge in [-0.25, -0.2) is 0 Å². The zero-order valence-electron chi connectivity index (χ0n) is 15.5. The first-order valence-electron chi connectivity index (χ1n) is 9.43. The van der Waals surface area contributed by atoms with Gasteiger partial charge < -0.3 is 14.9 Å². The monoisotopic (exact) mass is 345 g/mol. The molecular weight excluding hydrogens is 314 g/mol. The number of likely N-dealkylation sites (tertiary alicyclic amines) is 1. The summed E-state index contributed by atoms with van der Waals surface area (Å²) in [4.78, 5) is 18.4. The normalized spacial score (nSPS) is 20.9. The Hall–Kier alpha value is -1.43. The van der Waals surface area contributed by atoms with Crippen LogP contribution in [-0.2, 0) is 17.8 Å². The van der Waals surface area contributed by atoms with Crippen molar-refractivity contribution in [1.29, 1.82) is 0 Å². The number of rotatable bonds is 5. The average Bonchev–Trinajstić information content (AvgIpc) is 2.61. The number of hydrogen-bond donors (Lipinski definition) is 1. The van der Waals surface area contributed by atoms with E-state index in [1.165, 1.54) is 11.1 Å². The third-order valence-corrected chi connectivity index (χ3v) is 5.53. The van der Waals surface area contributed by atoms with E-state index in [0.717, 1.165) is 52.0 Å². The summed E-state index contributed by atoms with van der Waals surface area (Å²) >= 11 is 0. The van der Waals surface area contributed by atoms with Gasteiger partial charge in [-0.3, -0.25) is 9.69 Å². The highest BCUT2D eigenvalue weighted by Gasteiger charge is 2.27. The molecule has 25 heavy (non-hydrogen) atoms. The van der Waals surface area contributed by atoms with Crippen LogP contribution in [0.1, 0.15) is 24.0 Å². The Labute approximate surface area is 151 Å². The SMILES string of the molecule is CN(C)C(=O)C1CCN(C[C@@H](O)CN2CCc3ccccc3C2)CC1. The summed E-state index contributed by atoms with van der Waals surface area (Å²) in [6, 6.07) is 8.61. The fraction of sp³-hybridized carbons (Fsp3) is 0.650. The lowest BCUT2D eigenvalue weighted by atomic mass is 9.95. The summed E-state index contributed by atoms with van der Waals surface area (Å²) in [6.45, 7) is 5.21. The van der Waals surface area contributed by atoms with Crippen molar-refractivity contribution in [3.8, 4) is 0 Å². The molecule has 0 saturated carbocycles. The van der Waals surface area contributed by atoms with Gasteiger partial charge >= 0.3 is 0 Å². The van der Waals surface area contributed by atoms with E-state index in [-0.39, 0.29) is 17.9 Å². The van der Waals surface area contributed by atoms with E-state index >= 15 is 0 Å². The maximum atomic E-state index is 12.0. The Morgan fingerprint density at radius 2 is 1.76 bits per heavy atom. The van der Waals surface area contributed by atoms with Crippen molar-refractivity contribution in [3.63, 3.8) is 0 Å². The minimum absolute atomic E-state index is 0.155. The highest BCUT2D eigenvalue weighted by molar-refractivity contribution is 5.78. The first-order chi connectivity index (χ1) is 12.0. The van der Waals surface area contributed by atoms with E-state index in [1.807, 2.05) is 14.1 Å². The molecule has 1 aromatic rings. The summed E-state index contributed by atoms with van der Waals surface area (Å²) in [5.74, 6) is 0.397. The first-order valence-corrected chi connectivity index (χ1v) is 9.43. The van der Waals surface area contributed by atoms with Gasteiger partial charge in [0.1, 0.15) is 0 Å². The molecule has 138 valence electrons. The van der Waals surface area contributed by atoms with Gasteiger partial charge in [0.2, 0.25) is 5.91 Å². The lowest BCUT2D eigenvalue weighted by Crippen LogP contribution is -2.46. The van der Waals surface area contributed by atoms with E-state index < -0.39 is 0 Å². The van der Waals surface area contributed by atoms with Gasteiger partial charge in [0.05, 0.1) is 6.10 Å². The summed E-state index contributed by atoms with van der Waals surface area (Å²) in [5, 5.41) is 10.5. The van der Waals surface area contributed by atoms with Crippen molar-refractivity contribution in [2.75, 3.05) is 46.8 Å². The van der Waals surface area contributed by atoms with Crippen LogP contribution in [0, 0.1) is 5.92 Å². The Morgan fingerprint density at radius 1 is 1.12 bits per heavy atom. The zero-order chi connectivity index (χ0) is 17.8. The van der Waals surface area contributed by atoms with Crippen molar-refractivity contribution in [2.45, 2.75) is 31.9 Å². The number of β-amino-alcohol motifs (C(OH)–C–C–N with tert-alkyl or cyclic N) is 1. The molecule has 2 aliphatic rings. The minimum Gasteiger partial charge on any atom is -0.390 e. The molecule has 5 heteroatoms. The number of benzene rings is 1. The second-order valence-corrected chi connectivity index (χ2v) is 7.72. The molecule has 2 heterocycles. The van der Waals surface area contributed by atoms with Crippen LogP contribution in [-0.4, -0.2) is 78.6 Å². The molecule has 1 amide bonds. The van der Waals surface area contributed by atoms with E-state index in [2.05, 4.69) is 34.1 Å². The number of amides is 1. The number of aliphatic hydroxyl groups is 1. The van der Waals surface area contributed by atoms with Crippen molar-refractivity contribution in [2.24, 2.45) is 5.92 Å². The number of aliphatic hydroxyl groups excluding tert-OH is 1. The molecule has 5 nitrogen and oxygen atoms in total. The van der Waals surface area contributed by atoms with Crippen molar-refractivity contribution < 1.29 is 9.90 Å². The van der Waals surface area contributed by atoms with Gasteiger partial charge in [0.25, 0.3) is 0 Å². The van der Waals surface area contributed by atoms with E-state index in [9.17, 15) is 9.90 Å². The second-order valence-electron chi connectivity index (χ2n) is 7.72. The zero-order valence-corrected chi connectivity index (χ0v) is 15.5. The quantitative estimate of drug-likeness (QED) is 0.871. The maximum absolute atomic E-state index is 12.0. The van der Waals surface area contributed by atoms with Crippen LogP contribution >= 0.6 is 0 Å². The molecule has 0 aromatic heterocycles. The van der Waals surface area contributed by atoms with Crippen LogP contribution in [0.25, 0.3) is 0 Å². The van der Waals surface area contributed by atoms with Gasteiger partial charge in [-0.2, -0.15) is 0 Å². The standard InChI is InChI=1S/C20H31N3O2/c1-21(2)20(25)17-8-10-22(11-9-17)14-19(24)15-23-12-7-16-5-3-4-6-18(16)13-23/h3-6,17,19,24H,7-15H2,1-2H3/t19-/m1/s1. The Bertz CT molecular complexity index is 582. The molecule has 1 atom stereocenters. The highest BCUT2D eigenvalue weighted by atomic mass is 16.3. The number of carbonyl (C=O) groups excluding carboxylic acids is 1. The molecule has 2 aliphatic heterocycles. The van der Waals surface area contributed by atoms with Gasteiger partial charge in [-0.15, -0.1) is 0 Å². The number of nitrogens with zero attached hydrogens (tertiary/aromatic N) is 3. The van der Waals surface area contributed by atoms with Crippen LogP contribution in [0.5, 0.6) is 0 Å². The van der Waals surface area contributed by atoms with Gasteiger partial charge in [0, 0.05) is 46.2 Å². The molecule has 0 aliphatic carbocycles. The molecule has 0 spiro atoms. The van der Waals surface area contributed by atoms with Crippen molar-refractivity contribution in [1.82, 2.24) is 14.7 Å². The third-order valence-electron chi connectivity index (χ3n) is 5.53. The van der Waals surface area contributed by atoms with Gasteiger partial charge in [0.15, 0.2) is 0 Å². The smallest absolute Gasteiger partial charge is 0.225 e. The fourth-order valence-electron chi connectivity index (χ4n) is 4.09. The lowest BCUT2D eigenvalue weighted by Gasteiger charge is -2.35. The van der Waals surface area contributed by atoms with Crippen LogP contribution in [0.4, 0.5) is 0 Å². The summed E-state index contributed by atoms with van der Waals surface area (Å²) in [7, 11) is 3.66. The van der Waals surface area contributed by atoms with E-state index in [0.29, 0.717) is 6.54 Å². The predicted molar refractivity (Wildman–Crippen MR) is 99.3 cm³/mol. The van der Waals surface area contributed by atoms with Gasteiger partial charge in [-0.05, 0) is 43.5 Å². The number of fused-ring (bicyclic) bond motifs is 1. The average molecular weight is 345 g/mol. The van der Waals surface area contributed by atoms with Crippen molar-refractivity contribution in [3.05, 3.63) is 35.4 Å². The molecule has 0 bridgehead atoms. The van der Waals surface area contributed by atoms with E-state index in [4.69, 9.17) is 0 Å². The van der Waals surface area contributed by atoms with Crippen LogP contribution in [0.3, 0.4) is 0 Å². The largest absolute Gasteiger partial charge is 0.390 e. The van der Waals surface area contributed by atoms with Crippen LogP contribution in [0.15, 0.2) is 24.3 Å². The third kappa shape index (κ3) is 4.81. The number of piperidine rings is 1. The molecule has 3 rings (SSSR count). The van der Waals surface area contributed by atoms with Crippen LogP contribution in [0.2, 0.25) is 0 Å². The maximum Gasteiger partial charge on any atom is 0.225 e. The predicted octanol–water partition coefficient (Wildman–Crippen LogP) is 1.21. The molecule has 0 unspecified atom stereocenters. The first kappa shape index (κ1) is 18.4. The number of hydrogen-bond acceptors (Lipinski definition) is 4. The summed E-state index contributed by atoms with van der Waals surface area (Å²) < 4.78 is 0. The molecule has 1 N–H and O–H groups in total. The topological polar surface area (TPSA) is 47.0 Å². The molecular formula is C20H31N3O2. The minimum atomic E-state index is -0.327. The highest BCUT2D eigenvalue weighted by Crippen LogP contribution is 2.21. The summed E-state index contributed by atoms with van der Waals surface area (Å²) in [5.41, 5.74) is 2.84. The Morgan fingerprint density at radius 3 is 2.44 bits per heavy atom. The Kier molecular flexibility index (Phi) is 6.10. The fourth-order valence-corrected chi connectivity index (χ4v) is 4.09. The summed E-state index contributed by atoms with van der Waals surface area (Å²) in [6.07, 6.45) is 2.55. The number of carbonyl (C=O) groups is 1.